The first kappa shape index (κ1) is 14.4. The van der Waals surface area contributed by atoms with Crippen molar-refractivity contribution in [2.75, 3.05) is 18.2 Å². The number of nitriles is 1. The Hall–Kier alpha value is -3.18. The summed E-state index contributed by atoms with van der Waals surface area (Å²) in [6.07, 6.45) is 1.62. The number of nitrogens with zero attached hydrogens (tertiary/aromatic N) is 4. The van der Waals surface area contributed by atoms with E-state index in [-0.39, 0.29) is 18.9 Å². The Bertz CT molecular complexity index is 1030. The fraction of sp³-hybridized carbons (Fsp3) is 0.125. The van der Waals surface area contributed by atoms with Gasteiger partial charge in [0.05, 0.1) is 11.5 Å². The van der Waals surface area contributed by atoms with Crippen molar-refractivity contribution in [2.45, 2.75) is 0 Å². The molecule has 0 spiro atoms. The number of hydrogen-bond acceptors (Lipinski definition) is 8. The van der Waals surface area contributed by atoms with Gasteiger partial charge in [-0.1, -0.05) is 11.3 Å². The number of aromatic nitrogens is 2. The molecule has 1 aliphatic heterocycles. The van der Waals surface area contributed by atoms with Crippen molar-refractivity contribution in [3.8, 4) is 17.6 Å². The van der Waals surface area contributed by atoms with Gasteiger partial charge in [-0.15, -0.1) is 0 Å². The van der Waals surface area contributed by atoms with Gasteiger partial charge >= 0.3 is 0 Å². The van der Waals surface area contributed by atoms with E-state index in [9.17, 15) is 10.1 Å². The maximum Gasteiger partial charge on any atom is 0.282 e. The molecule has 0 unspecified atom stereocenters. The van der Waals surface area contributed by atoms with Crippen LogP contribution in [0, 0.1) is 11.3 Å². The van der Waals surface area contributed by atoms with Crippen LogP contribution in [0.3, 0.4) is 0 Å². The number of benzene rings is 1. The fourth-order valence-electron chi connectivity index (χ4n) is 2.40. The Morgan fingerprint density at radius 1 is 1.29 bits per heavy atom. The van der Waals surface area contributed by atoms with Crippen molar-refractivity contribution in [2.24, 2.45) is 0 Å². The summed E-state index contributed by atoms with van der Waals surface area (Å²) in [4.78, 5) is 22.8. The van der Waals surface area contributed by atoms with Crippen LogP contribution in [0.2, 0.25) is 0 Å². The van der Waals surface area contributed by atoms with E-state index in [1.165, 1.54) is 11.3 Å². The summed E-state index contributed by atoms with van der Waals surface area (Å²) in [7, 11) is 0. The van der Waals surface area contributed by atoms with Crippen molar-refractivity contribution < 1.29 is 9.47 Å². The molecule has 3 heterocycles. The number of rotatable bonds is 3. The first-order valence-corrected chi connectivity index (χ1v) is 7.88. The van der Waals surface area contributed by atoms with E-state index in [0.717, 1.165) is 0 Å². The van der Waals surface area contributed by atoms with Gasteiger partial charge in [-0.05, 0) is 24.3 Å². The lowest BCUT2D eigenvalue weighted by Crippen LogP contribution is -2.20. The van der Waals surface area contributed by atoms with Gasteiger partial charge < -0.3 is 14.4 Å². The molecule has 118 valence electrons. The van der Waals surface area contributed by atoms with Crippen LogP contribution in [0.25, 0.3) is 10.2 Å². The molecule has 0 aliphatic carbocycles. The Labute approximate surface area is 140 Å². The van der Waals surface area contributed by atoms with Crippen molar-refractivity contribution >= 4 is 32.4 Å². The van der Waals surface area contributed by atoms with Gasteiger partial charge in [0.2, 0.25) is 6.79 Å². The summed E-state index contributed by atoms with van der Waals surface area (Å²) >= 11 is 1.26. The highest BCUT2D eigenvalue weighted by molar-refractivity contribution is 7.21. The minimum absolute atomic E-state index is 0.0426. The van der Waals surface area contributed by atoms with Crippen molar-refractivity contribution in [3.05, 3.63) is 46.9 Å². The number of hydrogen-bond donors (Lipinski definition) is 0. The van der Waals surface area contributed by atoms with E-state index in [1.54, 1.807) is 41.4 Å². The van der Waals surface area contributed by atoms with E-state index < -0.39 is 0 Å². The van der Waals surface area contributed by atoms with Crippen LogP contribution >= 0.6 is 11.3 Å². The molecule has 1 aromatic carbocycles. The highest BCUT2D eigenvalue weighted by atomic mass is 32.1. The highest BCUT2D eigenvalue weighted by Crippen LogP contribution is 2.38. The van der Waals surface area contributed by atoms with Gasteiger partial charge in [0.15, 0.2) is 16.6 Å². The lowest BCUT2D eigenvalue weighted by molar-refractivity contribution is 0.174. The summed E-state index contributed by atoms with van der Waals surface area (Å²) < 4.78 is 10.7. The van der Waals surface area contributed by atoms with Gasteiger partial charge in [0.1, 0.15) is 11.4 Å². The quantitative estimate of drug-likeness (QED) is 0.678. The lowest BCUT2D eigenvalue weighted by Gasteiger charge is -2.20. The van der Waals surface area contributed by atoms with Crippen molar-refractivity contribution in [1.82, 2.24) is 9.97 Å². The fourth-order valence-corrected chi connectivity index (χ4v) is 3.36. The molecule has 7 nitrogen and oxygen atoms in total. The van der Waals surface area contributed by atoms with E-state index in [2.05, 4.69) is 16.0 Å². The molecule has 8 heteroatoms. The Kier molecular flexibility index (Phi) is 3.48. The molecule has 0 atom stereocenters. The molecule has 0 N–H and O–H groups in total. The standard InChI is InChI=1S/C16H10N4O3S/c17-5-7-20(10-3-4-12-13(8-10)23-9-22-12)16-19-14(21)11-2-1-6-18-15(11)24-16/h1-4,6,8H,7,9H2. The summed E-state index contributed by atoms with van der Waals surface area (Å²) in [5, 5.41) is 10.0. The van der Waals surface area contributed by atoms with Crippen LogP contribution in [-0.4, -0.2) is 23.3 Å². The average Bonchev–Trinajstić information content (AvgIpc) is 3.07. The number of ether oxygens (including phenoxy) is 2. The molecule has 3 aromatic rings. The predicted octanol–water partition coefficient (Wildman–Crippen LogP) is 2.44. The van der Waals surface area contributed by atoms with Crippen LogP contribution in [0.15, 0.2) is 41.3 Å². The Morgan fingerprint density at radius 2 is 2.17 bits per heavy atom. The molecule has 4 rings (SSSR count). The van der Waals surface area contributed by atoms with E-state index in [0.29, 0.717) is 32.5 Å². The average molecular weight is 338 g/mol. The highest BCUT2D eigenvalue weighted by Gasteiger charge is 2.19. The zero-order valence-electron chi connectivity index (χ0n) is 12.3. The van der Waals surface area contributed by atoms with Gasteiger partial charge in [-0.25, -0.2) is 4.98 Å². The van der Waals surface area contributed by atoms with Crippen molar-refractivity contribution in [3.63, 3.8) is 0 Å². The number of anilines is 2. The van der Waals surface area contributed by atoms with E-state index in [4.69, 9.17) is 9.47 Å². The van der Waals surface area contributed by atoms with Gasteiger partial charge in [0.25, 0.3) is 5.56 Å². The Balaban J connectivity index is 1.84. The van der Waals surface area contributed by atoms with Gasteiger partial charge in [-0.2, -0.15) is 10.2 Å². The summed E-state index contributed by atoms with van der Waals surface area (Å²) in [6.45, 7) is 0.212. The van der Waals surface area contributed by atoms with E-state index >= 15 is 0 Å². The molecule has 2 aromatic heterocycles. The largest absolute Gasteiger partial charge is 0.454 e. The molecule has 0 bridgehead atoms. The zero-order valence-corrected chi connectivity index (χ0v) is 13.1. The number of fused-ring (bicyclic) bond motifs is 2. The zero-order chi connectivity index (χ0) is 16.5. The third-order valence-corrected chi connectivity index (χ3v) is 4.53. The van der Waals surface area contributed by atoms with Crippen molar-refractivity contribution in [1.29, 1.82) is 5.26 Å². The summed E-state index contributed by atoms with van der Waals surface area (Å²) in [5.41, 5.74) is 0.328. The first-order valence-electron chi connectivity index (χ1n) is 7.06. The second-order valence-corrected chi connectivity index (χ2v) is 5.90. The van der Waals surface area contributed by atoms with Crippen LogP contribution in [0.4, 0.5) is 10.8 Å². The molecule has 0 radical (unpaired) electrons. The molecule has 0 fully saturated rings. The third kappa shape index (κ3) is 2.41. The topological polar surface area (TPSA) is 88.3 Å². The molecule has 0 saturated carbocycles. The maximum atomic E-state index is 12.2. The normalized spacial score (nSPS) is 12.1. The molecule has 0 amide bonds. The van der Waals surface area contributed by atoms with Crippen LogP contribution in [0.1, 0.15) is 0 Å². The lowest BCUT2D eigenvalue weighted by atomic mass is 10.2. The Morgan fingerprint density at radius 3 is 3.04 bits per heavy atom. The molecule has 1 aliphatic rings. The molecule has 24 heavy (non-hydrogen) atoms. The van der Waals surface area contributed by atoms with Gasteiger partial charge in [0, 0.05) is 18.0 Å². The smallest absolute Gasteiger partial charge is 0.282 e. The summed E-state index contributed by atoms with van der Waals surface area (Å²) in [6, 6.07) is 10.8. The minimum atomic E-state index is -0.365. The van der Waals surface area contributed by atoms with Crippen LogP contribution < -0.4 is 19.9 Å². The molecular weight excluding hydrogens is 328 g/mol. The maximum absolute atomic E-state index is 12.2. The number of pyridine rings is 1. The first-order chi connectivity index (χ1) is 11.8. The van der Waals surface area contributed by atoms with Crippen LogP contribution in [-0.2, 0) is 0 Å². The monoisotopic (exact) mass is 338 g/mol. The predicted molar refractivity (Wildman–Crippen MR) is 88.9 cm³/mol. The minimum Gasteiger partial charge on any atom is -0.454 e. The molecular formula is C16H10N4O3S. The second-order valence-electron chi connectivity index (χ2n) is 4.94. The SMILES string of the molecule is N#CCN(c1ccc2c(c1)OCO2)c1nc(=O)c2cccnc2s1. The summed E-state index contributed by atoms with van der Waals surface area (Å²) in [5.74, 6) is 1.25. The third-order valence-electron chi connectivity index (χ3n) is 3.51. The molecule has 0 saturated heterocycles. The van der Waals surface area contributed by atoms with E-state index in [1.807, 2.05) is 0 Å². The second kappa shape index (κ2) is 5.79. The van der Waals surface area contributed by atoms with Gasteiger partial charge in [-0.3, -0.25) is 4.79 Å². The van der Waals surface area contributed by atoms with Crippen LogP contribution in [0.5, 0.6) is 11.5 Å².